The predicted molar refractivity (Wildman–Crippen MR) is 89.2 cm³/mol. The summed E-state index contributed by atoms with van der Waals surface area (Å²) in [7, 11) is 0. The highest BCUT2D eigenvalue weighted by Crippen LogP contribution is 2.11. The lowest BCUT2D eigenvalue weighted by Crippen LogP contribution is -2.24. The minimum Gasteiger partial charge on any atom is -0.354 e. The normalized spacial score (nSPS) is 10.9. The van der Waals surface area contributed by atoms with Crippen LogP contribution in [0.2, 0.25) is 0 Å². The van der Waals surface area contributed by atoms with E-state index < -0.39 is 0 Å². The molecule has 0 aliphatic rings. The first-order valence-corrected chi connectivity index (χ1v) is 8.34. The molecule has 0 bridgehead atoms. The smallest absolute Gasteiger partial charge is 0.283 e. The molecule has 6 nitrogen and oxygen atoms in total. The van der Waals surface area contributed by atoms with Gasteiger partial charge in [-0.25, -0.2) is 15.0 Å². The van der Waals surface area contributed by atoms with E-state index in [9.17, 15) is 4.79 Å². The molecule has 0 amide bonds. The lowest BCUT2D eigenvalue weighted by Gasteiger charge is -2.09. The summed E-state index contributed by atoms with van der Waals surface area (Å²) in [4.78, 5) is 24.6. The Morgan fingerprint density at radius 1 is 1.23 bits per heavy atom. The zero-order valence-electron chi connectivity index (χ0n) is 12.9. The Morgan fingerprint density at radius 2 is 2.00 bits per heavy atom. The number of nitrogens with zero attached hydrogens (tertiary/aromatic N) is 4. The molecular weight excluding hydrogens is 298 g/mol. The summed E-state index contributed by atoms with van der Waals surface area (Å²) in [6.07, 6.45) is 7.76. The van der Waals surface area contributed by atoms with Gasteiger partial charge in [0, 0.05) is 43.6 Å². The molecule has 7 heteroatoms. The van der Waals surface area contributed by atoms with E-state index in [-0.39, 0.29) is 5.56 Å². The maximum absolute atomic E-state index is 12.2. The molecule has 22 heavy (non-hydrogen) atoms. The number of hydrogen-bond donors (Lipinski definition) is 1. The predicted octanol–water partition coefficient (Wildman–Crippen LogP) is 2.28. The molecule has 0 saturated carbocycles. The summed E-state index contributed by atoms with van der Waals surface area (Å²) < 4.78 is 1.73. The van der Waals surface area contributed by atoms with Gasteiger partial charge in [0.2, 0.25) is 5.95 Å². The van der Waals surface area contributed by atoms with Crippen molar-refractivity contribution in [3.05, 3.63) is 41.2 Å². The van der Waals surface area contributed by atoms with Crippen LogP contribution in [0.3, 0.4) is 0 Å². The maximum Gasteiger partial charge on any atom is 0.283 e. The van der Waals surface area contributed by atoms with Gasteiger partial charge in [-0.05, 0) is 18.4 Å². The van der Waals surface area contributed by atoms with Gasteiger partial charge in [-0.1, -0.05) is 13.8 Å². The molecule has 0 unspecified atom stereocenters. The Balaban J connectivity index is 1.78. The van der Waals surface area contributed by atoms with Crippen LogP contribution in [0.15, 0.2) is 40.7 Å². The fourth-order valence-corrected chi connectivity index (χ4v) is 2.75. The summed E-state index contributed by atoms with van der Waals surface area (Å²) in [5, 5.41) is 3.71. The fourth-order valence-electron chi connectivity index (χ4n) is 1.90. The Hall–Kier alpha value is -1.89. The van der Waals surface area contributed by atoms with Crippen molar-refractivity contribution in [2.24, 2.45) is 5.92 Å². The minimum atomic E-state index is 0.000511. The highest BCUT2D eigenvalue weighted by molar-refractivity contribution is 7.99. The molecule has 1 N–H and O–H groups in total. The SMILES string of the molecule is CC(C)Cn1ccnc(SCCCNc2ncccn2)c1=O. The highest BCUT2D eigenvalue weighted by Gasteiger charge is 2.06. The van der Waals surface area contributed by atoms with Crippen LogP contribution < -0.4 is 10.9 Å². The molecule has 118 valence electrons. The third kappa shape index (κ3) is 5.14. The summed E-state index contributed by atoms with van der Waals surface area (Å²) >= 11 is 1.50. The van der Waals surface area contributed by atoms with Gasteiger partial charge in [0.05, 0.1) is 0 Å². The number of nitrogens with one attached hydrogen (secondary N) is 1. The lowest BCUT2D eigenvalue weighted by molar-refractivity contribution is 0.502. The fraction of sp³-hybridized carbons (Fsp3) is 0.467. The monoisotopic (exact) mass is 319 g/mol. The van der Waals surface area contributed by atoms with E-state index >= 15 is 0 Å². The van der Waals surface area contributed by atoms with Gasteiger partial charge >= 0.3 is 0 Å². The number of anilines is 1. The van der Waals surface area contributed by atoms with Gasteiger partial charge in [-0.3, -0.25) is 4.79 Å². The molecule has 2 aromatic rings. The van der Waals surface area contributed by atoms with Crippen molar-refractivity contribution in [1.29, 1.82) is 0 Å². The number of rotatable bonds is 8. The largest absolute Gasteiger partial charge is 0.354 e. The lowest BCUT2D eigenvalue weighted by atomic mass is 10.2. The van der Waals surface area contributed by atoms with E-state index in [2.05, 4.69) is 34.1 Å². The molecular formula is C15H21N5OS. The van der Waals surface area contributed by atoms with Crippen molar-refractivity contribution in [3.8, 4) is 0 Å². The molecule has 2 rings (SSSR count). The molecule has 0 atom stereocenters. The molecule has 0 aromatic carbocycles. The third-order valence-corrected chi connectivity index (χ3v) is 3.90. The zero-order valence-corrected chi connectivity index (χ0v) is 13.7. The molecule has 0 fully saturated rings. The first-order chi connectivity index (χ1) is 10.7. The van der Waals surface area contributed by atoms with Gasteiger partial charge in [0.15, 0.2) is 5.03 Å². The Bertz CT molecular complexity index is 629. The van der Waals surface area contributed by atoms with Crippen molar-refractivity contribution in [2.45, 2.75) is 31.8 Å². The van der Waals surface area contributed by atoms with Gasteiger partial charge in [0.25, 0.3) is 5.56 Å². The molecule has 0 saturated heterocycles. The maximum atomic E-state index is 12.2. The van der Waals surface area contributed by atoms with Gasteiger partial charge in [-0.2, -0.15) is 0 Å². The van der Waals surface area contributed by atoms with Crippen molar-refractivity contribution < 1.29 is 0 Å². The number of aromatic nitrogens is 4. The Morgan fingerprint density at radius 3 is 2.73 bits per heavy atom. The molecule has 0 spiro atoms. The van der Waals surface area contributed by atoms with E-state index in [1.165, 1.54) is 11.8 Å². The molecule has 0 aliphatic carbocycles. The second-order valence-corrected chi connectivity index (χ2v) is 6.37. The Kier molecular flexibility index (Phi) is 6.39. The van der Waals surface area contributed by atoms with Crippen LogP contribution >= 0.6 is 11.8 Å². The van der Waals surface area contributed by atoms with Crippen LogP contribution in [0, 0.1) is 5.92 Å². The van der Waals surface area contributed by atoms with Crippen molar-refractivity contribution in [2.75, 3.05) is 17.6 Å². The van der Waals surface area contributed by atoms with E-state index in [1.54, 1.807) is 35.4 Å². The minimum absolute atomic E-state index is 0.000511. The molecule has 0 aliphatic heterocycles. The Labute approximate surface area is 134 Å². The topological polar surface area (TPSA) is 72.7 Å². The second-order valence-electron chi connectivity index (χ2n) is 5.28. The summed E-state index contributed by atoms with van der Waals surface area (Å²) in [6.45, 7) is 5.68. The first kappa shape index (κ1) is 16.5. The standard InChI is InChI=1S/C15H21N5OS/c1-12(2)11-20-9-8-16-13(14(20)21)22-10-4-7-19-15-17-5-3-6-18-15/h3,5-6,8-9,12H,4,7,10-11H2,1-2H3,(H,17,18,19). The number of hydrogen-bond acceptors (Lipinski definition) is 6. The molecule has 2 aromatic heterocycles. The number of thioether (sulfide) groups is 1. The average Bonchev–Trinajstić information content (AvgIpc) is 2.51. The van der Waals surface area contributed by atoms with Crippen LogP contribution in [-0.4, -0.2) is 31.8 Å². The summed E-state index contributed by atoms with van der Waals surface area (Å²) in [5.41, 5.74) is 0.000511. The first-order valence-electron chi connectivity index (χ1n) is 7.36. The van der Waals surface area contributed by atoms with Gasteiger partial charge in [0.1, 0.15) is 0 Å². The van der Waals surface area contributed by atoms with Crippen LogP contribution in [-0.2, 0) is 6.54 Å². The van der Waals surface area contributed by atoms with Crippen LogP contribution in [0.25, 0.3) is 0 Å². The van der Waals surface area contributed by atoms with Gasteiger partial charge in [-0.15, -0.1) is 11.8 Å². The average molecular weight is 319 g/mol. The quantitative estimate of drug-likeness (QED) is 0.594. The highest BCUT2D eigenvalue weighted by atomic mass is 32.2. The zero-order chi connectivity index (χ0) is 15.8. The van der Waals surface area contributed by atoms with Crippen molar-refractivity contribution >= 4 is 17.7 Å². The second kappa shape index (κ2) is 8.53. The van der Waals surface area contributed by atoms with E-state index in [0.717, 1.165) is 25.3 Å². The van der Waals surface area contributed by atoms with Crippen molar-refractivity contribution in [1.82, 2.24) is 19.5 Å². The summed E-state index contributed by atoms with van der Waals surface area (Å²) in [5.74, 6) is 1.89. The van der Waals surface area contributed by atoms with Crippen molar-refractivity contribution in [3.63, 3.8) is 0 Å². The van der Waals surface area contributed by atoms with Crippen LogP contribution in [0.1, 0.15) is 20.3 Å². The molecule has 2 heterocycles. The van der Waals surface area contributed by atoms with E-state index in [1.807, 2.05) is 0 Å². The van der Waals surface area contributed by atoms with Crippen LogP contribution in [0.4, 0.5) is 5.95 Å². The third-order valence-electron chi connectivity index (χ3n) is 2.85. The van der Waals surface area contributed by atoms with Gasteiger partial charge < -0.3 is 9.88 Å². The van der Waals surface area contributed by atoms with Crippen LogP contribution in [0.5, 0.6) is 0 Å². The summed E-state index contributed by atoms with van der Waals surface area (Å²) in [6, 6.07) is 1.78. The molecule has 0 radical (unpaired) electrons. The van der Waals surface area contributed by atoms with E-state index in [0.29, 0.717) is 16.9 Å². The van der Waals surface area contributed by atoms with E-state index in [4.69, 9.17) is 0 Å².